The van der Waals surface area contributed by atoms with Gasteiger partial charge < -0.3 is 18.5 Å². The Labute approximate surface area is 486 Å². The molecule has 2 aliphatic carbocycles. The summed E-state index contributed by atoms with van der Waals surface area (Å²) in [6.07, 6.45) is 7.89. The second-order valence-corrected chi connectivity index (χ2v) is 28.2. The molecule has 6 heteroatoms. The van der Waals surface area contributed by atoms with E-state index in [2.05, 4.69) is 242 Å². The van der Waals surface area contributed by atoms with E-state index in [1.807, 2.05) is 11.3 Å². The van der Waals surface area contributed by atoms with E-state index < -0.39 is 0 Å². The van der Waals surface area contributed by atoms with Crippen LogP contribution < -0.4 is 20.8 Å². The zero-order valence-electron chi connectivity index (χ0n) is 48.8. The van der Waals surface area contributed by atoms with Crippen molar-refractivity contribution in [1.29, 1.82) is 0 Å². The van der Waals surface area contributed by atoms with Gasteiger partial charge in [0.1, 0.15) is 22.4 Å². The van der Waals surface area contributed by atoms with Crippen molar-refractivity contribution >= 4 is 111 Å². The van der Waals surface area contributed by atoms with Crippen LogP contribution in [0, 0.1) is 0 Å². The van der Waals surface area contributed by atoms with Crippen LogP contribution in [-0.2, 0) is 28.1 Å². The summed E-state index contributed by atoms with van der Waals surface area (Å²) in [5.41, 5.74) is 24.9. The Morgan fingerprint density at radius 3 is 1.77 bits per heavy atom. The molecule has 4 aliphatic rings. The zero-order valence-corrected chi connectivity index (χ0v) is 49.6. The lowest BCUT2D eigenvalue weighted by Gasteiger charge is -2.44. The van der Waals surface area contributed by atoms with Crippen molar-refractivity contribution in [2.24, 2.45) is 0 Å². The fourth-order valence-electron chi connectivity index (χ4n) is 15.2. The van der Waals surface area contributed by atoms with Crippen LogP contribution in [0.15, 0.2) is 179 Å². The predicted molar refractivity (Wildman–Crippen MR) is 350 cm³/mol. The summed E-state index contributed by atoms with van der Waals surface area (Å²) in [4.78, 5) is 5.27. The minimum absolute atomic E-state index is 0.0147. The van der Waals surface area contributed by atoms with Crippen molar-refractivity contribution in [3.63, 3.8) is 0 Å². The van der Waals surface area contributed by atoms with E-state index in [1.54, 1.807) is 0 Å². The number of fused-ring (bicyclic) bond motifs is 15. The molecule has 16 rings (SSSR count). The second kappa shape index (κ2) is 17.6. The van der Waals surface area contributed by atoms with Crippen molar-refractivity contribution in [2.45, 2.75) is 129 Å². The quantitative estimate of drug-likeness (QED) is 0.149. The van der Waals surface area contributed by atoms with E-state index >= 15 is 0 Å². The molecule has 0 unspecified atom stereocenters. The van der Waals surface area contributed by atoms with Crippen LogP contribution in [0.4, 0.5) is 28.4 Å². The first kappa shape index (κ1) is 50.0. The molecule has 2 aliphatic heterocycles. The highest BCUT2D eigenvalue weighted by Crippen LogP contribution is 2.57. The van der Waals surface area contributed by atoms with Crippen molar-refractivity contribution in [3.8, 4) is 33.4 Å². The number of aryl methyl sites for hydroxylation is 1. The number of hydrogen-bond donors (Lipinski definition) is 0. The molecular weight excluding hydrogens is 1020 g/mol. The minimum atomic E-state index is -0.376. The molecule has 0 bridgehead atoms. The topological polar surface area (TPSA) is 32.8 Å². The molecular formula is C76H69BN2O2S. The van der Waals surface area contributed by atoms with Crippen LogP contribution in [0.1, 0.15) is 129 Å². The van der Waals surface area contributed by atoms with Crippen molar-refractivity contribution < 1.29 is 8.83 Å². The third-order valence-corrected chi connectivity index (χ3v) is 21.3. The molecule has 9 aromatic carbocycles. The van der Waals surface area contributed by atoms with Gasteiger partial charge in [0.25, 0.3) is 0 Å². The summed E-state index contributed by atoms with van der Waals surface area (Å²) in [6, 6.07) is 64.9. The molecule has 404 valence electrons. The van der Waals surface area contributed by atoms with Crippen LogP contribution in [0.2, 0.25) is 0 Å². The molecule has 12 aromatic rings. The number of nitrogens with zero attached hydrogens (tertiary/aromatic N) is 2. The third kappa shape index (κ3) is 7.28. The van der Waals surface area contributed by atoms with Gasteiger partial charge in [-0.05, 0) is 183 Å². The van der Waals surface area contributed by atoms with Gasteiger partial charge in [0.15, 0.2) is 0 Å². The Bertz CT molecular complexity index is 4630. The summed E-state index contributed by atoms with van der Waals surface area (Å²) >= 11 is 1.94. The number of unbranched alkanes of at least 4 members (excludes halogenated alkanes) is 1. The van der Waals surface area contributed by atoms with Crippen LogP contribution in [-0.4, -0.2) is 6.85 Å². The molecule has 3 aromatic heterocycles. The third-order valence-electron chi connectivity index (χ3n) is 20.1. The Kier molecular flexibility index (Phi) is 10.7. The molecule has 0 amide bonds. The van der Waals surface area contributed by atoms with Gasteiger partial charge in [-0.2, -0.15) is 0 Å². The van der Waals surface area contributed by atoms with Crippen molar-refractivity contribution in [3.05, 3.63) is 198 Å². The van der Waals surface area contributed by atoms with Crippen LogP contribution in [0.25, 0.3) is 86.5 Å². The Morgan fingerprint density at radius 1 is 0.476 bits per heavy atom. The van der Waals surface area contributed by atoms with Gasteiger partial charge >= 0.3 is 6.85 Å². The normalized spacial score (nSPS) is 17.1. The largest absolute Gasteiger partial charge is 0.466 e. The number of hydrogen-bond acceptors (Lipinski definition) is 5. The van der Waals surface area contributed by atoms with Gasteiger partial charge in [-0.25, -0.2) is 0 Å². The van der Waals surface area contributed by atoms with Gasteiger partial charge in [0.05, 0.1) is 11.4 Å². The summed E-state index contributed by atoms with van der Waals surface area (Å²) < 4.78 is 17.9. The molecule has 0 saturated heterocycles. The fraction of sp³-hybridized carbons (Fsp3) is 0.263. The molecule has 4 nitrogen and oxygen atoms in total. The molecule has 0 saturated carbocycles. The predicted octanol–water partition coefficient (Wildman–Crippen LogP) is 20.8. The average molecular weight is 1090 g/mol. The first-order valence-electron chi connectivity index (χ1n) is 30.2. The molecule has 0 radical (unpaired) electrons. The summed E-state index contributed by atoms with van der Waals surface area (Å²) in [6.45, 7) is 21.5. The van der Waals surface area contributed by atoms with E-state index in [0.717, 1.165) is 105 Å². The highest BCUT2D eigenvalue weighted by atomic mass is 32.1. The fourth-order valence-corrected chi connectivity index (χ4v) is 16.4. The molecule has 0 N–H and O–H groups in total. The summed E-state index contributed by atoms with van der Waals surface area (Å²) in [5.74, 6) is 0. The van der Waals surface area contributed by atoms with Crippen LogP contribution >= 0.6 is 11.3 Å². The number of para-hydroxylation sites is 1. The maximum atomic E-state index is 7.89. The lowest BCUT2D eigenvalue weighted by atomic mass is 9.45. The summed E-state index contributed by atoms with van der Waals surface area (Å²) in [7, 11) is 0. The van der Waals surface area contributed by atoms with E-state index in [4.69, 9.17) is 8.83 Å². The Balaban J connectivity index is 1.07. The monoisotopic (exact) mass is 1080 g/mol. The lowest BCUT2D eigenvalue weighted by Crippen LogP contribution is -2.61. The molecule has 0 atom stereocenters. The van der Waals surface area contributed by atoms with Crippen molar-refractivity contribution in [2.75, 3.05) is 9.71 Å². The van der Waals surface area contributed by atoms with Crippen LogP contribution in [0.3, 0.4) is 0 Å². The highest BCUT2D eigenvalue weighted by Gasteiger charge is 2.51. The number of benzene rings is 9. The van der Waals surface area contributed by atoms with Gasteiger partial charge in [0, 0.05) is 70.1 Å². The second-order valence-electron chi connectivity index (χ2n) is 27.1. The maximum Gasteiger partial charge on any atom is 0.376 e. The van der Waals surface area contributed by atoms with Gasteiger partial charge in [-0.1, -0.05) is 166 Å². The van der Waals surface area contributed by atoms with Gasteiger partial charge in [-0.3, -0.25) is 0 Å². The van der Waals surface area contributed by atoms with E-state index in [-0.39, 0.29) is 28.5 Å². The number of thiophene rings is 1. The summed E-state index contributed by atoms with van der Waals surface area (Å²) in [5, 5.41) is 6.02. The van der Waals surface area contributed by atoms with Crippen molar-refractivity contribution in [1.82, 2.24) is 0 Å². The Hall–Kier alpha value is -7.80. The molecule has 5 heterocycles. The van der Waals surface area contributed by atoms with E-state index in [0.29, 0.717) is 0 Å². The van der Waals surface area contributed by atoms with Gasteiger partial charge in [0.2, 0.25) is 0 Å². The maximum absolute atomic E-state index is 7.89. The first-order chi connectivity index (χ1) is 39.6. The number of anilines is 5. The SMILES string of the molecule is CCCCc1ccc(N2c3cc4c(oc5ccccc54)c4c3B(c3oc5cc6c(cc5c32)C(C)(C)CCC6(C)C)N(c2ccc(-c3ccccc3)cc2)c2cc3sc5cc6c(cc5c3cc2-4)C(C)(C)CCC6(C)C)c(-c2ccccc2)c1. The minimum Gasteiger partial charge on any atom is -0.466 e. The first-order valence-corrected chi connectivity index (χ1v) is 31.0. The lowest BCUT2D eigenvalue weighted by molar-refractivity contribution is 0.332. The van der Waals surface area contributed by atoms with Crippen LogP contribution in [0.5, 0.6) is 0 Å². The zero-order chi connectivity index (χ0) is 55.8. The highest BCUT2D eigenvalue weighted by molar-refractivity contribution is 7.26. The molecule has 82 heavy (non-hydrogen) atoms. The van der Waals surface area contributed by atoms with E-state index in [9.17, 15) is 0 Å². The number of rotatable bonds is 7. The van der Waals surface area contributed by atoms with Gasteiger partial charge in [-0.15, -0.1) is 11.3 Å². The number of furan rings is 2. The molecule has 0 spiro atoms. The smallest absolute Gasteiger partial charge is 0.376 e. The standard InChI is InChI=1S/C76H69BN2O2S/c1-10-11-20-45-27-32-61(51(37-45)48-23-16-13-17-24-48)78-63-41-54-50-25-18-19-26-64(50)80-71(54)68-55-38-52-53-39-57-60(76(8,9)36-34-73(57,2)3)43-66(53)82-67(52)44-62(55)79(49-30-28-47(29-31-49)46-21-14-12-15-22-46)77(69(63)68)72-70(78)56-40-58-59(42-65(56)81-72)75(6,7)35-33-74(58,4)5/h12-19,21-32,37-44H,10-11,20,33-36H2,1-9H3. The molecule has 0 fully saturated rings. The Morgan fingerprint density at radius 2 is 1.07 bits per heavy atom. The average Bonchev–Trinajstić information content (AvgIpc) is 3.62. The van der Waals surface area contributed by atoms with E-state index in [1.165, 1.54) is 94.1 Å².